The maximum absolute atomic E-state index is 4.46. The number of nitrogens with zero attached hydrogens (tertiary/aromatic N) is 2. The highest BCUT2D eigenvalue weighted by molar-refractivity contribution is 5.47. The van der Waals surface area contributed by atoms with Gasteiger partial charge in [-0.1, -0.05) is 19.8 Å². The van der Waals surface area contributed by atoms with Gasteiger partial charge in [0.2, 0.25) is 0 Å². The van der Waals surface area contributed by atoms with Crippen LogP contribution < -0.4 is 10.6 Å². The lowest BCUT2D eigenvalue weighted by Crippen LogP contribution is -2.21. The SMILES string of the molecule is CCNc1cc(NCC2CCCC(C)C2)nc(C)n1. The van der Waals surface area contributed by atoms with Crippen LogP contribution in [-0.2, 0) is 0 Å². The summed E-state index contributed by atoms with van der Waals surface area (Å²) < 4.78 is 0. The quantitative estimate of drug-likeness (QED) is 0.853. The third-order valence-corrected chi connectivity index (χ3v) is 3.81. The molecule has 0 amide bonds. The lowest BCUT2D eigenvalue weighted by molar-refractivity contribution is 0.293. The minimum absolute atomic E-state index is 0.793. The number of anilines is 2. The highest BCUT2D eigenvalue weighted by Gasteiger charge is 2.18. The van der Waals surface area contributed by atoms with Crippen LogP contribution in [0.5, 0.6) is 0 Å². The summed E-state index contributed by atoms with van der Waals surface area (Å²) in [6.45, 7) is 8.30. The molecule has 1 heterocycles. The molecule has 4 nitrogen and oxygen atoms in total. The van der Waals surface area contributed by atoms with Crippen LogP contribution in [0.3, 0.4) is 0 Å². The third-order valence-electron chi connectivity index (χ3n) is 3.81. The Balaban J connectivity index is 1.91. The van der Waals surface area contributed by atoms with Gasteiger partial charge in [-0.3, -0.25) is 0 Å². The molecule has 1 fully saturated rings. The number of nitrogens with one attached hydrogen (secondary N) is 2. The Morgan fingerprint density at radius 3 is 2.63 bits per heavy atom. The molecule has 1 aliphatic rings. The second kappa shape index (κ2) is 6.73. The van der Waals surface area contributed by atoms with E-state index in [0.717, 1.165) is 42.4 Å². The molecule has 1 aromatic heterocycles. The average molecular weight is 262 g/mol. The number of hydrogen-bond donors (Lipinski definition) is 2. The monoisotopic (exact) mass is 262 g/mol. The largest absolute Gasteiger partial charge is 0.370 e. The molecule has 19 heavy (non-hydrogen) atoms. The van der Waals surface area contributed by atoms with Crippen molar-refractivity contribution < 1.29 is 0 Å². The predicted octanol–water partition coefficient (Wildman–Crippen LogP) is 3.46. The van der Waals surface area contributed by atoms with Gasteiger partial charge < -0.3 is 10.6 Å². The van der Waals surface area contributed by atoms with E-state index >= 15 is 0 Å². The maximum Gasteiger partial charge on any atom is 0.131 e. The lowest BCUT2D eigenvalue weighted by atomic mass is 9.82. The molecule has 0 saturated heterocycles. The van der Waals surface area contributed by atoms with Gasteiger partial charge in [-0.25, -0.2) is 9.97 Å². The molecule has 0 spiro atoms. The minimum Gasteiger partial charge on any atom is -0.370 e. The van der Waals surface area contributed by atoms with Gasteiger partial charge in [-0.2, -0.15) is 0 Å². The first-order valence-corrected chi connectivity index (χ1v) is 7.50. The van der Waals surface area contributed by atoms with E-state index in [1.165, 1.54) is 25.7 Å². The van der Waals surface area contributed by atoms with Crippen molar-refractivity contribution in [2.24, 2.45) is 11.8 Å². The predicted molar refractivity (Wildman–Crippen MR) is 80.5 cm³/mol. The van der Waals surface area contributed by atoms with Crippen molar-refractivity contribution in [2.75, 3.05) is 23.7 Å². The maximum atomic E-state index is 4.46. The van der Waals surface area contributed by atoms with Crippen LogP contribution in [0, 0.1) is 18.8 Å². The standard InChI is InChI=1S/C15H26N4/c1-4-16-14-9-15(19-12(3)18-14)17-10-13-7-5-6-11(2)8-13/h9,11,13H,4-8,10H2,1-3H3,(H2,16,17,18,19). The van der Waals surface area contributed by atoms with Crippen LogP contribution >= 0.6 is 0 Å². The van der Waals surface area contributed by atoms with E-state index in [1.807, 2.05) is 13.0 Å². The second-order valence-corrected chi connectivity index (χ2v) is 5.73. The van der Waals surface area contributed by atoms with E-state index in [4.69, 9.17) is 0 Å². The van der Waals surface area contributed by atoms with E-state index in [-0.39, 0.29) is 0 Å². The van der Waals surface area contributed by atoms with Gasteiger partial charge in [-0.05, 0) is 38.5 Å². The topological polar surface area (TPSA) is 49.8 Å². The molecular weight excluding hydrogens is 236 g/mol. The summed E-state index contributed by atoms with van der Waals surface area (Å²) in [4.78, 5) is 8.83. The van der Waals surface area contributed by atoms with E-state index in [1.54, 1.807) is 0 Å². The first-order chi connectivity index (χ1) is 9.17. The molecule has 1 aliphatic carbocycles. The van der Waals surface area contributed by atoms with Crippen LogP contribution in [0.2, 0.25) is 0 Å². The van der Waals surface area contributed by atoms with Crippen molar-refractivity contribution in [2.45, 2.75) is 46.5 Å². The van der Waals surface area contributed by atoms with Crippen LogP contribution in [0.1, 0.15) is 45.4 Å². The summed E-state index contributed by atoms with van der Waals surface area (Å²) in [5, 5.41) is 6.73. The molecule has 0 bridgehead atoms. The second-order valence-electron chi connectivity index (χ2n) is 5.73. The molecule has 2 rings (SSSR count). The first-order valence-electron chi connectivity index (χ1n) is 7.50. The van der Waals surface area contributed by atoms with Crippen molar-refractivity contribution in [3.05, 3.63) is 11.9 Å². The Hall–Kier alpha value is -1.32. The van der Waals surface area contributed by atoms with Crippen molar-refractivity contribution >= 4 is 11.6 Å². The summed E-state index contributed by atoms with van der Waals surface area (Å²) in [5.41, 5.74) is 0. The molecule has 2 unspecified atom stereocenters. The smallest absolute Gasteiger partial charge is 0.131 e. The molecule has 1 aromatic rings. The van der Waals surface area contributed by atoms with E-state index in [9.17, 15) is 0 Å². The zero-order valence-corrected chi connectivity index (χ0v) is 12.4. The van der Waals surface area contributed by atoms with E-state index in [0.29, 0.717) is 0 Å². The molecule has 1 saturated carbocycles. The molecule has 0 aliphatic heterocycles. The highest BCUT2D eigenvalue weighted by atomic mass is 15.1. The number of hydrogen-bond acceptors (Lipinski definition) is 4. The van der Waals surface area contributed by atoms with Crippen molar-refractivity contribution in [1.29, 1.82) is 0 Å². The van der Waals surface area contributed by atoms with E-state index < -0.39 is 0 Å². The normalized spacial score (nSPS) is 23.1. The molecule has 2 atom stereocenters. The number of aromatic nitrogens is 2. The molecule has 4 heteroatoms. The van der Waals surface area contributed by atoms with Crippen molar-refractivity contribution in [3.8, 4) is 0 Å². The summed E-state index contributed by atoms with van der Waals surface area (Å²) in [5.74, 6) is 4.35. The average Bonchev–Trinajstić information content (AvgIpc) is 2.36. The lowest BCUT2D eigenvalue weighted by Gasteiger charge is -2.27. The van der Waals surface area contributed by atoms with Gasteiger partial charge >= 0.3 is 0 Å². The summed E-state index contributed by atoms with van der Waals surface area (Å²) in [6.07, 6.45) is 5.46. The highest BCUT2D eigenvalue weighted by Crippen LogP contribution is 2.28. The summed E-state index contributed by atoms with van der Waals surface area (Å²) in [6, 6.07) is 2.00. The summed E-state index contributed by atoms with van der Waals surface area (Å²) in [7, 11) is 0. The Labute approximate surface area is 116 Å². The van der Waals surface area contributed by atoms with Gasteiger partial charge in [0.05, 0.1) is 0 Å². The molecule has 0 radical (unpaired) electrons. The van der Waals surface area contributed by atoms with E-state index in [2.05, 4.69) is 34.4 Å². The molecule has 0 aromatic carbocycles. The Morgan fingerprint density at radius 1 is 1.21 bits per heavy atom. The van der Waals surface area contributed by atoms with Gasteiger partial charge in [-0.15, -0.1) is 0 Å². The number of aryl methyl sites for hydroxylation is 1. The summed E-state index contributed by atoms with van der Waals surface area (Å²) >= 11 is 0. The molecule has 106 valence electrons. The van der Waals surface area contributed by atoms with Crippen LogP contribution in [0.4, 0.5) is 11.6 Å². The zero-order chi connectivity index (χ0) is 13.7. The Kier molecular flexibility index (Phi) is 5.00. The fourth-order valence-corrected chi connectivity index (χ4v) is 2.92. The molecule has 2 N–H and O–H groups in total. The van der Waals surface area contributed by atoms with Crippen LogP contribution in [0.15, 0.2) is 6.07 Å². The van der Waals surface area contributed by atoms with Gasteiger partial charge in [0, 0.05) is 19.2 Å². The number of rotatable bonds is 5. The van der Waals surface area contributed by atoms with Crippen LogP contribution in [-0.4, -0.2) is 23.1 Å². The van der Waals surface area contributed by atoms with Gasteiger partial charge in [0.1, 0.15) is 17.5 Å². The van der Waals surface area contributed by atoms with Crippen LogP contribution in [0.25, 0.3) is 0 Å². The fourth-order valence-electron chi connectivity index (χ4n) is 2.92. The third kappa shape index (κ3) is 4.37. The Bertz CT molecular complexity index is 405. The van der Waals surface area contributed by atoms with Gasteiger partial charge in [0.25, 0.3) is 0 Å². The van der Waals surface area contributed by atoms with Crippen molar-refractivity contribution in [3.63, 3.8) is 0 Å². The van der Waals surface area contributed by atoms with Gasteiger partial charge in [0.15, 0.2) is 0 Å². The Morgan fingerprint density at radius 2 is 1.95 bits per heavy atom. The van der Waals surface area contributed by atoms with Crippen molar-refractivity contribution in [1.82, 2.24) is 9.97 Å². The fraction of sp³-hybridized carbons (Fsp3) is 0.733. The minimum atomic E-state index is 0.793. The molecular formula is C15H26N4. The zero-order valence-electron chi connectivity index (χ0n) is 12.4. The first kappa shape index (κ1) is 14.1.